The van der Waals surface area contributed by atoms with E-state index in [2.05, 4.69) is 15.4 Å². The number of carbonyl (C=O) groups excluding carboxylic acids is 2. The topological polar surface area (TPSA) is 67.4 Å². The highest BCUT2D eigenvalue weighted by atomic mass is 35.5. The molecule has 1 aliphatic rings. The van der Waals surface area contributed by atoms with Crippen LogP contribution in [0.5, 0.6) is 0 Å². The zero-order valence-corrected chi connectivity index (χ0v) is 12.0. The highest BCUT2D eigenvalue weighted by Crippen LogP contribution is 2.30. The van der Waals surface area contributed by atoms with Crippen molar-refractivity contribution in [1.82, 2.24) is 10.6 Å². The van der Waals surface area contributed by atoms with Gasteiger partial charge in [-0.25, -0.2) is 0 Å². The maximum atomic E-state index is 12.2. The van der Waals surface area contributed by atoms with Crippen LogP contribution in [-0.4, -0.2) is 32.1 Å². The fraction of sp³-hybridized carbons (Fsp3) is 0.429. The average Bonchev–Trinajstić information content (AvgIpc) is 2.46. The SMILES string of the molecule is COC(=O)CCNC(=O)C1CNCc2cccc(Cl)c21. The molecule has 108 valence electrons. The number of carbonyl (C=O) groups is 2. The molecule has 1 aromatic rings. The number of hydrogen-bond donors (Lipinski definition) is 2. The molecule has 1 amide bonds. The molecule has 1 aliphatic heterocycles. The molecule has 1 aromatic carbocycles. The van der Waals surface area contributed by atoms with Gasteiger partial charge in [0.1, 0.15) is 0 Å². The first-order chi connectivity index (χ1) is 9.63. The molecule has 0 aromatic heterocycles. The van der Waals surface area contributed by atoms with E-state index in [1.807, 2.05) is 12.1 Å². The van der Waals surface area contributed by atoms with Crippen molar-refractivity contribution in [3.05, 3.63) is 34.3 Å². The number of rotatable bonds is 4. The molecule has 6 heteroatoms. The summed E-state index contributed by atoms with van der Waals surface area (Å²) in [6.45, 7) is 1.52. The van der Waals surface area contributed by atoms with Crippen molar-refractivity contribution in [3.63, 3.8) is 0 Å². The van der Waals surface area contributed by atoms with Gasteiger partial charge < -0.3 is 15.4 Å². The number of ether oxygens (including phenoxy) is 1. The Balaban J connectivity index is 2.04. The monoisotopic (exact) mass is 296 g/mol. The Bertz CT molecular complexity index is 519. The lowest BCUT2D eigenvalue weighted by atomic mass is 9.90. The van der Waals surface area contributed by atoms with Crippen LogP contribution >= 0.6 is 11.6 Å². The molecule has 2 rings (SSSR count). The maximum Gasteiger partial charge on any atom is 0.307 e. The van der Waals surface area contributed by atoms with Crippen LogP contribution in [0.25, 0.3) is 0 Å². The van der Waals surface area contributed by atoms with Crippen LogP contribution in [0.1, 0.15) is 23.5 Å². The van der Waals surface area contributed by atoms with E-state index in [9.17, 15) is 9.59 Å². The van der Waals surface area contributed by atoms with Crippen LogP contribution in [0.4, 0.5) is 0 Å². The van der Waals surface area contributed by atoms with Gasteiger partial charge in [0.2, 0.25) is 5.91 Å². The van der Waals surface area contributed by atoms with Gasteiger partial charge in [0, 0.05) is 24.7 Å². The molecule has 0 bridgehead atoms. The van der Waals surface area contributed by atoms with Crippen LogP contribution in [0.3, 0.4) is 0 Å². The van der Waals surface area contributed by atoms with Crippen molar-refractivity contribution < 1.29 is 14.3 Å². The van der Waals surface area contributed by atoms with E-state index in [1.54, 1.807) is 6.07 Å². The number of fused-ring (bicyclic) bond motifs is 1. The fourth-order valence-corrected chi connectivity index (χ4v) is 2.64. The van der Waals surface area contributed by atoms with E-state index in [-0.39, 0.29) is 30.8 Å². The predicted octanol–water partition coefficient (Wildman–Crippen LogP) is 1.21. The Morgan fingerprint density at radius 3 is 3.05 bits per heavy atom. The molecule has 0 aliphatic carbocycles. The standard InChI is InChI=1S/C14H17ClN2O3/c1-20-12(18)5-6-17-14(19)10-8-16-7-9-3-2-4-11(15)13(9)10/h2-4,10,16H,5-8H2,1H3,(H,17,19). The number of halogens is 1. The normalized spacial score (nSPS) is 17.2. The zero-order valence-electron chi connectivity index (χ0n) is 11.2. The zero-order chi connectivity index (χ0) is 14.5. The molecule has 1 unspecified atom stereocenters. The summed E-state index contributed by atoms with van der Waals surface area (Å²) in [5.41, 5.74) is 1.92. The number of nitrogens with one attached hydrogen (secondary N) is 2. The number of amides is 1. The first kappa shape index (κ1) is 14.8. The van der Waals surface area contributed by atoms with E-state index < -0.39 is 0 Å². The molecule has 5 nitrogen and oxygen atoms in total. The van der Waals surface area contributed by atoms with Gasteiger partial charge in [0.25, 0.3) is 0 Å². The number of benzene rings is 1. The lowest BCUT2D eigenvalue weighted by molar-refractivity contribution is -0.140. The average molecular weight is 297 g/mol. The molecular formula is C14H17ClN2O3. The highest BCUT2D eigenvalue weighted by Gasteiger charge is 2.28. The van der Waals surface area contributed by atoms with Crippen molar-refractivity contribution >= 4 is 23.5 Å². The van der Waals surface area contributed by atoms with E-state index in [0.29, 0.717) is 18.1 Å². The third-order valence-electron chi connectivity index (χ3n) is 3.33. The maximum absolute atomic E-state index is 12.2. The summed E-state index contributed by atoms with van der Waals surface area (Å²) in [6, 6.07) is 5.63. The second kappa shape index (κ2) is 6.72. The van der Waals surface area contributed by atoms with Gasteiger partial charge in [0.05, 0.1) is 19.4 Å². The number of hydrogen-bond acceptors (Lipinski definition) is 4. The summed E-state index contributed by atoms with van der Waals surface area (Å²) in [6.07, 6.45) is 0.164. The van der Waals surface area contributed by atoms with Crippen molar-refractivity contribution in [2.24, 2.45) is 0 Å². The Kier molecular flexibility index (Phi) is 4.98. The van der Waals surface area contributed by atoms with Crippen LogP contribution < -0.4 is 10.6 Å². The van der Waals surface area contributed by atoms with Crippen LogP contribution in [0.15, 0.2) is 18.2 Å². The molecule has 0 fully saturated rings. The molecule has 2 N–H and O–H groups in total. The van der Waals surface area contributed by atoms with E-state index in [1.165, 1.54) is 7.11 Å². The fourth-order valence-electron chi connectivity index (χ4n) is 2.32. The van der Waals surface area contributed by atoms with Gasteiger partial charge in [0.15, 0.2) is 0 Å². The molecule has 1 heterocycles. The Morgan fingerprint density at radius 2 is 2.30 bits per heavy atom. The molecule has 20 heavy (non-hydrogen) atoms. The molecule has 0 spiro atoms. The molecule has 0 saturated heterocycles. The molecule has 1 atom stereocenters. The largest absolute Gasteiger partial charge is 0.469 e. The Morgan fingerprint density at radius 1 is 1.50 bits per heavy atom. The quantitative estimate of drug-likeness (QED) is 0.820. The van der Waals surface area contributed by atoms with Gasteiger partial charge in [-0.3, -0.25) is 9.59 Å². The lowest BCUT2D eigenvalue weighted by Gasteiger charge is -2.26. The van der Waals surface area contributed by atoms with Crippen molar-refractivity contribution in [2.45, 2.75) is 18.9 Å². The van der Waals surface area contributed by atoms with Crippen LogP contribution in [0, 0.1) is 0 Å². The molecular weight excluding hydrogens is 280 g/mol. The highest BCUT2D eigenvalue weighted by molar-refractivity contribution is 6.31. The first-order valence-corrected chi connectivity index (χ1v) is 6.83. The Hall–Kier alpha value is -1.59. The minimum Gasteiger partial charge on any atom is -0.469 e. The minimum atomic E-state index is -0.342. The second-order valence-corrected chi connectivity index (χ2v) is 5.02. The Labute approximate surface area is 122 Å². The molecule has 0 radical (unpaired) electrons. The first-order valence-electron chi connectivity index (χ1n) is 6.46. The third kappa shape index (κ3) is 3.29. The number of methoxy groups -OCH3 is 1. The summed E-state index contributed by atoms with van der Waals surface area (Å²) >= 11 is 6.21. The van der Waals surface area contributed by atoms with Gasteiger partial charge in [-0.1, -0.05) is 23.7 Å². The van der Waals surface area contributed by atoms with Crippen LogP contribution in [-0.2, 0) is 20.9 Å². The van der Waals surface area contributed by atoms with E-state index in [0.717, 1.165) is 11.1 Å². The molecule has 0 saturated carbocycles. The van der Waals surface area contributed by atoms with Crippen molar-refractivity contribution in [3.8, 4) is 0 Å². The lowest BCUT2D eigenvalue weighted by Crippen LogP contribution is -2.39. The number of esters is 1. The summed E-state index contributed by atoms with van der Waals surface area (Å²) in [5.74, 6) is -0.800. The van der Waals surface area contributed by atoms with Crippen LogP contribution in [0.2, 0.25) is 5.02 Å². The second-order valence-electron chi connectivity index (χ2n) is 4.61. The smallest absolute Gasteiger partial charge is 0.307 e. The minimum absolute atomic E-state index is 0.129. The van der Waals surface area contributed by atoms with Gasteiger partial charge in [-0.15, -0.1) is 0 Å². The van der Waals surface area contributed by atoms with Gasteiger partial charge in [-0.05, 0) is 17.2 Å². The summed E-state index contributed by atoms with van der Waals surface area (Å²) in [5, 5.41) is 6.55. The summed E-state index contributed by atoms with van der Waals surface area (Å²) in [7, 11) is 1.32. The van der Waals surface area contributed by atoms with Gasteiger partial charge in [-0.2, -0.15) is 0 Å². The van der Waals surface area contributed by atoms with Crippen molar-refractivity contribution in [1.29, 1.82) is 0 Å². The summed E-state index contributed by atoms with van der Waals surface area (Å²) < 4.78 is 4.53. The third-order valence-corrected chi connectivity index (χ3v) is 3.66. The summed E-state index contributed by atoms with van der Waals surface area (Å²) in [4.78, 5) is 23.2. The van der Waals surface area contributed by atoms with Crippen molar-refractivity contribution in [2.75, 3.05) is 20.2 Å². The van der Waals surface area contributed by atoms with Gasteiger partial charge >= 0.3 is 5.97 Å². The predicted molar refractivity (Wildman–Crippen MR) is 75.5 cm³/mol. The van der Waals surface area contributed by atoms with E-state index >= 15 is 0 Å². The van der Waals surface area contributed by atoms with E-state index in [4.69, 9.17) is 11.6 Å².